The molecule has 0 radical (unpaired) electrons. The molecule has 0 saturated carbocycles. The molecular formula is C10H19N3O. The van der Waals surface area contributed by atoms with E-state index in [1.807, 2.05) is 19.9 Å². The largest absolute Gasteiger partial charge is 0.343 e. The molecule has 1 aliphatic heterocycles. The van der Waals surface area contributed by atoms with E-state index in [9.17, 15) is 0 Å². The highest BCUT2D eigenvalue weighted by atomic mass is 16.5. The lowest BCUT2D eigenvalue weighted by Crippen LogP contribution is -2.56. The summed E-state index contributed by atoms with van der Waals surface area (Å²) >= 11 is 0. The summed E-state index contributed by atoms with van der Waals surface area (Å²) in [6, 6.07) is 0. The maximum atomic E-state index is 5.65. The van der Waals surface area contributed by atoms with Crippen molar-refractivity contribution in [1.29, 1.82) is 0 Å². The van der Waals surface area contributed by atoms with Crippen molar-refractivity contribution in [2.24, 2.45) is 5.73 Å². The van der Waals surface area contributed by atoms with E-state index < -0.39 is 0 Å². The highest BCUT2D eigenvalue weighted by molar-refractivity contribution is 5.17. The number of nitrogens with two attached hydrogens (primary N) is 1. The van der Waals surface area contributed by atoms with Crippen LogP contribution in [0.15, 0.2) is 23.8 Å². The molecule has 0 aromatic carbocycles. The van der Waals surface area contributed by atoms with Gasteiger partial charge in [-0.3, -0.25) is 5.43 Å². The number of hydrazine groups is 1. The van der Waals surface area contributed by atoms with Crippen molar-refractivity contribution in [3.05, 3.63) is 23.8 Å². The van der Waals surface area contributed by atoms with Gasteiger partial charge in [-0.15, -0.1) is 0 Å². The summed E-state index contributed by atoms with van der Waals surface area (Å²) in [7, 11) is 0. The van der Waals surface area contributed by atoms with Crippen LogP contribution in [-0.2, 0) is 4.74 Å². The zero-order chi connectivity index (χ0) is 10.4. The molecule has 0 aromatic rings. The van der Waals surface area contributed by atoms with E-state index in [0.717, 1.165) is 6.42 Å². The highest BCUT2D eigenvalue weighted by Crippen LogP contribution is 2.10. The average molecular weight is 197 g/mol. The molecule has 0 aliphatic carbocycles. The second-order valence-electron chi connectivity index (χ2n) is 3.26. The summed E-state index contributed by atoms with van der Waals surface area (Å²) in [4.78, 5) is 0. The molecule has 4 N–H and O–H groups in total. The molecule has 0 aromatic heterocycles. The molecule has 1 aliphatic rings. The number of ether oxygens (including phenoxy) is 1. The van der Waals surface area contributed by atoms with Crippen LogP contribution in [-0.4, -0.2) is 19.0 Å². The molecule has 1 fully saturated rings. The summed E-state index contributed by atoms with van der Waals surface area (Å²) in [6.07, 6.45) is 6.73. The fourth-order valence-corrected chi connectivity index (χ4v) is 1.38. The number of hydrogen-bond acceptors (Lipinski definition) is 4. The Labute approximate surface area is 85.2 Å². The SMILES string of the molecule is CC=CC(=CC)CC1NNCC(N)O1. The number of nitrogens with one attached hydrogen (secondary N) is 2. The highest BCUT2D eigenvalue weighted by Gasteiger charge is 2.18. The van der Waals surface area contributed by atoms with Gasteiger partial charge in [0.2, 0.25) is 0 Å². The Balaban J connectivity index is 2.42. The predicted molar refractivity (Wildman–Crippen MR) is 57.2 cm³/mol. The molecule has 1 rings (SSSR count). The molecule has 2 atom stereocenters. The van der Waals surface area contributed by atoms with Crippen LogP contribution in [0, 0.1) is 0 Å². The van der Waals surface area contributed by atoms with Gasteiger partial charge in [-0.05, 0) is 19.4 Å². The predicted octanol–water partition coefficient (Wildman–Crippen LogP) is 0.634. The molecule has 4 heteroatoms. The molecule has 80 valence electrons. The molecule has 4 nitrogen and oxygen atoms in total. The zero-order valence-corrected chi connectivity index (χ0v) is 8.79. The van der Waals surface area contributed by atoms with Crippen LogP contribution >= 0.6 is 0 Å². The first-order chi connectivity index (χ1) is 6.76. The summed E-state index contributed by atoms with van der Waals surface area (Å²) in [5.74, 6) is 0. The van der Waals surface area contributed by atoms with E-state index in [1.54, 1.807) is 0 Å². The first-order valence-corrected chi connectivity index (χ1v) is 4.93. The third kappa shape index (κ3) is 3.59. The Morgan fingerprint density at radius 3 is 2.93 bits per heavy atom. The van der Waals surface area contributed by atoms with Gasteiger partial charge in [0.05, 0.1) is 0 Å². The van der Waals surface area contributed by atoms with E-state index in [4.69, 9.17) is 10.5 Å². The second-order valence-corrected chi connectivity index (χ2v) is 3.26. The standard InChI is InChI=1S/C10H19N3O/c1-3-5-8(4-2)6-10-13-12-7-9(11)14-10/h3-5,9-10,12-13H,6-7,11H2,1-2H3. The van der Waals surface area contributed by atoms with Gasteiger partial charge in [0, 0.05) is 13.0 Å². The van der Waals surface area contributed by atoms with Gasteiger partial charge in [0.1, 0.15) is 12.5 Å². The van der Waals surface area contributed by atoms with Crippen LogP contribution in [0.2, 0.25) is 0 Å². The van der Waals surface area contributed by atoms with Crippen molar-refractivity contribution in [1.82, 2.24) is 10.9 Å². The number of hydrogen-bond donors (Lipinski definition) is 3. The number of allylic oxidation sites excluding steroid dienone is 3. The van der Waals surface area contributed by atoms with Crippen molar-refractivity contribution >= 4 is 0 Å². The van der Waals surface area contributed by atoms with E-state index in [2.05, 4.69) is 23.0 Å². The van der Waals surface area contributed by atoms with Gasteiger partial charge in [0.25, 0.3) is 0 Å². The van der Waals surface area contributed by atoms with Crippen molar-refractivity contribution < 1.29 is 4.74 Å². The summed E-state index contributed by atoms with van der Waals surface area (Å²) in [6.45, 7) is 4.67. The quantitative estimate of drug-likeness (QED) is 0.581. The minimum absolute atomic E-state index is 0.0406. The van der Waals surface area contributed by atoms with E-state index in [-0.39, 0.29) is 12.5 Å². The topological polar surface area (TPSA) is 59.3 Å². The molecule has 0 bridgehead atoms. The van der Waals surface area contributed by atoms with Crippen LogP contribution in [0.1, 0.15) is 20.3 Å². The minimum Gasteiger partial charge on any atom is -0.343 e. The lowest BCUT2D eigenvalue weighted by atomic mass is 10.1. The van der Waals surface area contributed by atoms with E-state index in [0.29, 0.717) is 6.54 Å². The Morgan fingerprint density at radius 1 is 1.57 bits per heavy atom. The Morgan fingerprint density at radius 2 is 2.36 bits per heavy atom. The van der Waals surface area contributed by atoms with Crippen LogP contribution in [0.25, 0.3) is 0 Å². The van der Waals surface area contributed by atoms with Crippen LogP contribution in [0.3, 0.4) is 0 Å². The van der Waals surface area contributed by atoms with Gasteiger partial charge in [-0.25, -0.2) is 5.43 Å². The third-order valence-corrected chi connectivity index (χ3v) is 2.08. The molecule has 14 heavy (non-hydrogen) atoms. The normalized spacial score (nSPS) is 29.8. The maximum absolute atomic E-state index is 5.65. The van der Waals surface area contributed by atoms with Crippen molar-refractivity contribution in [2.75, 3.05) is 6.54 Å². The Bertz CT molecular complexity index is 225. The van der Waals surface area contributed by atoms with Gasteiger partial charge in [-0.1, -0.05) is 18.2 Å². The number of rotatable bonds is 3. The van der Waals surface area contributed by atoms with Gasteiger partial charge < -0.3 is 10.5 Å². The Hall–Kier alpha value is -0.680. The first-order valence-electron chi connectivity index (χ1n) is 4.93. The van der Waals surface area contributed by atoms with Gasteiger partial charge in [-0.2, -0.15) is 0 Å². The second kappa shape index (κ2) is 5.93. The minimum atomic E-state index is -0.218. The van der Waals surface area contributed by atoms with E-state index >= 15 is 0 Å². The van der Waals surface area contributed by atoms with Crippen molar-refractivity contribution in [3.63, 3.8) is 0 Å². The molecule has 0 spiro atoms. The summed E-state index contributed by atoms with van der Waals surface area (Å²) < 4.78 is 5.49. The maximum Gasteiger partial charge on any atom is 0.126 e. The smallest absolute Gasteiger partial charge is 0.126 e. The molecular weight excluding hydrogens is 178 g/mol. The van der Waals surface area contributed by atoms with Gasteiger partial charge >= 0.3 is 0 Å². The fraction of sp³-hybridized carbons (Fsp3) is 0.600. The third-order valence-electron chi connectivity index (χ3n) is 2.08. The lowest BCUT2D eigenvalue weighted by molar-refractivity contribution is -0.0663. The van der Waals surface area contributed by atoms with E-state index in [1.165, 1.54) is 5.57 Å². The molecule has 1 heterocycles. The average Bonchev–Trinajstić information content (AvgIpc) is 2.17. The summed E-state index contributed by atoms with van der Waals surface area (Å²) in [5, 5.41) is 0. The van der Waals surface area contributed by atoms with Crippen LogP contribution in [0.4, 0.5) is 0 Å². The van der Waals surface area contributed by atoms with Crippen molar-refractivity contribution in [2.45, 2.75) is 32.7 Å². The van der Waals surface area contributed by atoms with Crippen LogP contribution < -0.4 is 16.6 Å². The fourth-order valence-electron chi connectivity index (χ4n) is 1.38. The first kappa shape index (κ1) is 11.4. The monoisotopic (exact) mass is 197 g/mol. The Kier molecular flexibility index (Phi) is 4.82. The molecule has 0 amide bonds. The summed E-state index contributed by atoms with van der Waals surface area (Å²) in [5.41, 5.74) is 12.9. The molecule has 1 saturated heterocycles. The van der Waals surface area contributed by atoms with Crippen LogP contribution in [0.5, 0.6) is 0 Å². The zero-order valence-electron chi connectivity index (χ0n) is 8.79. The van der Waals surface area contributed by atoms with Crippen molar-refractivity contribution in [3.8, 4) is 0 Å². The van der Waals surface area contributed by atoms with Gasteiger partial charge in [0.15, 0.2) is 0 Å². The molecule has 2 unspecified atom stereocenters. The lowest BCUT2D eigenvalue weighted by Gasteiger charge is -2.29.